The second kappa shape index (κ2) is 6.50. The van der Waals surface area contributed by atoms with Crippen LogP contribution in [0.5, 0.6) is 0 Å². The summed E-state index contributed by atoms with van der Waals surface area (Å²) in [5, 5.41) is 7.04. The lowest BCUT2D eigenvalue weighted by Gasteiger charge is -2.25. The molecule has 1 aliphatic heterocycles. The van der Waals surface area contributed by atoms with E-state index in [1.54, 1.807) is 31.3 Å². The van der Waals surface area contributed by atoms with Crippen LogP contribution in [0.2, 0.25) is 0 Å². The number of benzene rings is 1. The largest absolute Gasteiger partial charge is 0.345 e. The molecule has 1 aliphatic rings. The standard InChI is InChI=1S/C17H21FN4O/c1-21(2)17(23)13-10-19-20-16(13)15-8-5-9-22(15)11-12-6-3-4-7-14(12)18/h3-4,6-7,10,15H,5,8-9,11H2,1-2H3,(H,19,20). The van der Waals surface area contributed by atoms with Gasteiger partial charge in [-0.1, -0.05) is 18.2 Å². The predicted octanol–water partition coefficient (Wildman–Crippen LogP) is 2.59. The SMILES string of the molecule is CN(C)C(=O)c1cn[nH]c1C1CCCN1Cc1ccccc1F. The zero-order valence-corrected chi connectivity index (χ0v) is 13.4. The van der Waals surface area contributed by atoms with Gasteiger partial charge in [0, 0.05) is 26.2 Å². The fourth-order valence-corrected chi connectivity index (χ4v) is 3.15. The van der Waals surface area contributed by atoms with Gasteiger partial charge in [0.25, 0.3) is 5.91 Å². The Morgan fingerprint density at radius 1 is 1.43 bits per heavy atom. The fourth-order valence-electron chi connectivity index (χ4n) is 3.15. The van der Waals surface area contributed by atoms with E-state index in [4.69, 9.17) is 0 Å². The van der Waals surface area contributed by atoms with Crippen molar-refractivity contribution in [3.8, 4) is 0 Å². The van der Waals surface area contributed by atoms with E-state index in [0.717, 1.165) is 25.1 Å². The van der Waals surface area contributed by atoms with Crippen molar-refractivity contribution in [2.45, 2.75) is 25.4 Å². The number of hydrogen-bond donors (Lipinski definition) is 1. The fraction of sp³-hybridized carbons (Fsp3) is 0.412. The summed E-state index contributed by atoms with van der Waals surface area (Å²) >= 11 is 0. The smallest absolute Gasteiger partial charge is 0.256 e. The third kappa shape index (κ3) is 3.12. The highest BCUT2D eigenvalue weighted by molar-refractivity contribution is 5.94. The molecule has 1 aromatic carbocycles. The van der Waals surface area contributed by atoms with Crippen LogP contribution in [0.25, 0.3) is 0 Å². The number of likely N-dealkylation sites (tertiary alicyclic amines) is 1. The Morgan fingerprint density at radius 2 is 2.22 bits per heavy atom. The summed E-state index contributed by atoms with van der Waals surface area (Å²) in [5.74, 6) is -0.251. The lowest BCUT2D eigenvalue weighted by molar-refractivity contribution is 0.0824. The van der Waals surface area contributed by atoms with Gasteiger partial charge in [-0.2, -0.15) is 5.10 Å². The zero-order valence-electron chi connectivity index (χ0n) is 13.4. The molecule has 6 heteroatoms. The molecule has 0 saturated carbocycles. The molecule has 1 unspecified atom stereocenters. The number of carbonyl (C=O) groups is 1. The quantitative estimate of drug-likeness (QED) is 0.943. The maximum Gasteiger partial charge on any atom is 0.256 e. The number of rotatable bonds is 4. The van der Waals surface area contributed by atoms with Crippen LogP contribution in [0.15, 0.2) is 30.5 Å². The van der Waals surface area contributed by atoms with Gasteiger partial charge in [-0.3, -0.25) is 14.8 Å². The van der Waals surface area contributed by atoms with E-state index in [9.17, 15) is 9.18 Å². The minimum absolute atomic E-state index is 0.0634. The molecule has 1 amide bonds. The van der Waals surface area contributed by atoms with Gasteiger partial charge < -0.3 is 4.90 Å². The van der Waals surface area contributed by atoms with Gasteiger partial charge in [0.2, 0.25) is 0 Å². The summed E-state index contributed by atoms with van der Waals surface area (Å²) in [6.07, 6.45) is 3.54. The summed E-state index contributed by atoms with van der Waals surface area (Å²) in [7, 11) is 3.45. The molecule has 1 N–H and O–H groups in total. The van der Waals surface area contributed by atoms with Crippen LogP contribution in [0.3, 0.4) is 0 Å². The first-order valence-corrected chi connectivity index (χ1v) is 7.80. The first-order valence-electron chi connectivity index (χ1n) is 7.80. The lowest BCUT2D eigenvalue weighted by atomic mass is 10.1. The molecule has 122 valence electrons. The molecule has 1 fully saturated rings. The summed E-state index contributed by atoms with van der Waals surface area (Å²) in [5.41, 5.74) is 2.11. The molecule has 0 bridgehead atoms. The van der Waals surface area contributed by atoms with Crippen LogP contribution in [0, 0.1) is 5.82 Å². The van der Waals surface area contributed by atoms with Gasteiger partial charge >= 0.3 is 0 Å². The Kier molecular flexibility index (Phi) is 4.43. The van der Waals surface area contributed by atoms with E-state index in [1.165, 1.54) is 6.07 Å². The van der Waals surface area contributed by atoms with Gasteiger partial charge in [-0.05, 0) is 25.5 Å². The van der Waals surface area contributed by atoms with Crippen molar-refractivity contribution in [2.24, 2.45) is 0 Å². The van der Waals surface area contributed by atoms with Crippen LogP contribution in [0.1, 0.15) is 40.5 Å². The van der Waals surface area contributed by atoms with Crippen molar-refractivity contribution < 1.29 is 9.18 Å². The second-order valence-electron chi connectivity index (χ2n) is 6.12. The third-order valence-electron chi connectivity index (χ3n) is 4.33. The van der Waals surface area contributed by atoms with Gasteiger partial charge in [0.05, 0.1) is 23.5 Å². The molecule has 3 rings (SSSR count). The van der Waals surface area contributed by atoms with Crippen LogP contribution in [-0.2, 0) is 6.54 Å². The number of aromatic amines is 1. The third-order valence-corrected chi connectivity index (χ3v) is 4.33. The normalized spacial score (nSPS) is 18.3. The number of H-pyrrole nitrogens is 1. The molecule has 1 saturated heterocycles. The number of halogens is 1. The number of hydrogen-bond acceptors (Lipinski definition) is 3. The van der Waals surface area contributed by atoms with Crippen molar-refractivity contribution in [1.29, 1.82) is 0 Å². The molecule has 0 aliphatic carbocycles. The number of nitrogens with one attached hydrogen (secondary N) is 1. The number of carbonyl (C=O) groups excluding carboxylic acids is 1. The molecular formula is C17H21FN4O. The second-order valence-corrected chi connectivity index (χ2v) is 6.12. The molecule has 5 nitrogen and oxygen atoms in total. The van der Waals surface area contributed by atoms with E-state index in [0.29, 0.717) is 17.7 Å². The van der Waals surface area contributed by atoms with Gasteiger partial charge in [0.15, 0.2) is 0 Å². The average molecular weight is 316 g/mol. The van der Waals surface area contributed by atoms with Gasteiger partial charge in [-0.25, -0.2) is 4.39 Å². The molecule has 1 atom stereocenters. The van der Waals surface area contributed by atoms with E-state index < -0.39 is 0 Å². The zero-order chi connectivity index (χ0) is 16.4. The highest BCUT2D eigenvalue weighted by Crippen LogP contribution is 2.34. The first kappa shape index (κ1) is 15.7. The Bertz CT molecular complexity index is 697. The van der Waals surface area contributed by atoms with E-state index in [1.807, 2.05) is 12.1 Å². The van der Waals surface area contributed by atoms with Crippen LogP contribution in [0.4, 0.5) is 4.39 Å². The molecule has 1 aromatic heterocycles. The number of aromatic nitrogens is 2. The van der Waals surface area contributed by atoms with Crippen LogP contribution >= 0.6 is 0 Å². The Balaban J connectivity index is 1.84. The molecular weight excluding hydrogens is 295 g/mol. The topological polar surface area (TPSA) is 52.2 Å². The Morgan fingerprint density at radius 3 is 2.96 bits per heavy atom. The van der Waals surface area contributed by atoms with E-state index in [-0.39, 0.29) is 17.8 Å². The highest BCUT2D eigenvalue weighted by atomic mass is 19.1. The average Bonchev–Trinajstić information content (AvgIpc) is 3.17. The monoisotopic (exact) mass is 316 g/mol. The Labute approximate surface area is 135 Å². The maximum atomic E-state index is 13.9. The van der Waals surface area contributed by atoms with E-state index >= 15 is 0 Å². The Hall–Kier alpha value is -2.21. The van der Waals surface area contributed by atoms with Crippen molar-refractivity contribution in [3.63, 3.8) is 0 Å². The molecule has 23 heavy (non-hydrogen) atoms. The van der Waals surface area contributed by atoms with Crippen molar-refractivity contribution in [3.05, 3.63) is 53.1 Å². The number of nitrogens with zero attached hydrogens (tertiary/aromatic N) is 3. The minimum Gasteiger partial charge on any atom is -0.345 e. The predicted molar refractivity (Wildman–Crippen MR) is 85.4 cm³/mol. The number of amides is 1. The molecule has 2 heterocycles. The van der Waals surface area contributed by atoms with E-state index in [2.05, 4.69) is 15.1 Å². The molecule has 0 radical (unpaired) electrons. The summed E-state index contributed by atoms with van der Waals surface area (Å²) in [6, 6.07) is 6.90. The van der Waals surface area contributed by atoms with Crippen molar-refractivity contribution in [2.75, 3.05) is 20.6 Å². The van der Waals surface area contributed by atoms with Crippen LogP contribution < -0.4 is 0 Å². The van der Waals surface area contributed by atoms with Crippen molar-refractivity contribution in [1.82, 2.24) is 20.0 Å². The molecule has 0 spiro atoms. The summed E-state index contributed by atoms with van der Waals surface area (Å²) < 4.78 is 13.9. The summed E-state index contributed by atoms with van der Waals surface area (Å²) in [6.45, 7) is 1.42. The summed E-state index contributed by atoms with van der Waals surface area (Å²) in [4.78, 5) is 16.0. The maximum absolute atomic E-state index is 13.9. The van der Waals surface area contributed by atoms with Crippen molar-refractivity contribution >= 4 is 5.91 Å². The molecule has 2 aromatic rings. The van der Waals surface area contributed by atoms with Gasteiger partial charge in [0.1, 0.15) is 5.82 Å². The lowest BCUT2D eigenvalue weighted by Crippen LogP contribution is -2.27. The minimum atomic E-state index is -0.188. The first-order chi connectivity index (χ1) is 11.1. The van der Waals surface area contributed by atoms with Gasteiger partial charge in [-0.15, -0.1) is 0 Å². The highest BCUT2D eigenvalue weighted by Gasteiger charge is 2.31. The van der Waals surface area contributed by atoms with Crippen LogP contribution in [-0.4, -0.2) is 46.5 Å².